The van der Waals surface area contributed by atoms with Crippen LogP contribution in [0, 0.1) is 0 Å². The highest BCUT2D eigenvalue weighted by atomic mass is 16.5. The number of anilines is 1. The molecule has 194 valence electrons. The zero-order chi connectivity index (χ0) is 26.8. The molecule has 0 radical (unpaired) electrons. The van der Waals surface area contributed by atoms with E-state index in [9.17, 15) is 14.7 Å². The highest BCUT2D eigenvalue weighted by Crippen LogP contribution is 2.35. The van der Waals surface area contributed by atoms with Gasteiger partial charge in [0.05, 0.1) is 42.7 Å². The number of nitrogens with one attached hydrogen (secondary N) is 1. The number of nitrogens with zero attached hydrogens (tertiary/aromatic N) is 3. The van der Waals surface area contributed by atoms with Gasteiger partial charge in [-0.25, -0.2) is 9.79 Å². The number of aromatic nitrogens is 1. The van der Waals surface area contributed by atoms with E-state index < -0.39 is 5.97 Å². The van der Waals surface area contributed by atoms with Crippen LogP contribution < -0.4 is 4.90 Å². The second-order valence-corrected chi connectivity index (χ2v) is 9.69. The zero-order valence-electron chi connectivity index (χ0n) is 21.7. The van der Waals surface area contributed by atoms with Crippen LogP contribution in [0.3, 0.4) is 0 Å². The van der Waals surface area contributed by atoms with Gasteiger partial charge in [-0.3, -0.25) is 4.79 Å². The Morgan fingerprint density at radius 2 is 1.84 bits per heavy atom. The first-order valence-electron chi connectivity index (χ1n) is 12.5. The van der Waals surface area contributed by atoms with Crippen molar-refractivity contribution < 1.29 is 19.4 Å². The SMILES string of the molecule is COC(=O)c1ccc2c(C(=Nc3ccc4c(c3)CCN4CC(=O)CN(C)C)c3ccccc3)c(O)[nH]c2c1. The first kappa shape index (κ1) is 25.2. The fraction of sp³-hybridized carbons (Fsp3) is 0.233. The van der Waals surface area contributed by atoms with Crippen LogP contribution in [0.15, 0.2) is 71.7 Å². The number of rotatable bonds is 8. The number of carbonyl (C=O) groups excluding carboxylic acids is 2. The van der Waals surface area contributed by atoms with Crippen LogP contribution >= 0.6 is 0 Å². The van der Waals surface area contributed by atoms with Gasteiger partial charge in [-0.1, -0.05) is 36.4 Å². The third-order valence-electron chi connectivity index (χ3n) is 6.64. The summed E-state index contributed by atoms with van der Waals surface area (Å²) in [6.07, 6.45) is 0.837. The van der Waals surface area contributed by atoms with E-state index in [1.54, 1.807) is 18.2 Å². The van der Waals surface area contributed by atoms with Crippen LogP contribution in [0.4, 0.5) is 11.4 Å². The average molecular weight is 511 g/mol. The van der Waals surface area contributed by atoms with Gasteiger partial charge in [-0.2, -0.15) is 0 Å². The molecule has 0 fully saturated rings. The Morgan fingerprint density at radius 3 is 2.58 bits per heavy atom. The van der Waals surface area contributed by atoms with Gasteiger partial charge in [-0.05, 0) is 56.4 Å². The van der Waals surface area contributed by atoms with Crippen molar-refractivity contribution in [2.24, 2.45) is 4.99 Å². The second kappa shape index (κ2) is 10.5. The molecular formula is C30H30N4O4. The Morgan fingerprint density at radius 1 is 1.05 bits per heavy atom. The molecule has 1 aromatic heterocycles. The lowest BCUT2D eigenvalue weighted by Gasteiger charge is -2.19. The van der Waals surface area contributed by atoms with Crippen LogP contribution in [0.1, 0.15) is 27.0 Å². The summed E-state index contributed by atoms with van der Waals surface area (Å²) < 4.78 is 4.84. The van der Waals surface area contributed by atoms with E-state index >= 15 is 0 Å². The van der Waals surface area contributed by atoms with Crippen molar-refractivity contribution in [1.29, 1.82) is 0 Å². The normalized spacial score (nSPS) is 13.3. The first-order valence-corrected chi connectivity index (χ1v) is 12.5. The highest BCUT2D eigenvalue weighted by molar-refractivity contribution is 6.22. The Bertz CT molecular complexity index is 1540. The Labute approximate surface area is 221 Å². The third-order valence-corrected chi connectivity index (χ3v) is 6.64. The molecule has 0 saturated carbocycles. The molecule has 0 spiro atoms. The number of aromatic hydroxyl groups is 1. The summed E-state index contributed by atoms with van der Waals surface area (Å²) in [5.41, 5.74) is 5.95. The van der Waals surface area contributed by atoms with Crippen LogP contribution in [0.25, 0.3) is 10.9 Å². The number of fused-ring (bicyclic) bond motifs is 2. The summed E-state index contributed by atoms with van der Waals surface area (Å²) >= 11 is 0. The predicted octanol–water partition coefficient (Wildman–Crippen LogP) is 4.32. The van der Waals surface area contributed by atoms with E-state index in [0.29, 0.717) is 35.4 Å². The third kappa shape index (κ3) is 5.03. The number of H-pyrrole nitrogens is 1. The second-order valence-electron chi connectivity index (χ2n) is 9.69. The molecule has 0 amide bonds. The number of methoxy groups -OCH3 is 1. The lowest BCUT2D eigenvalue weighted by Crippen LogP contribution is -2.33. The Balaban J connectivity index is 1.55. The maximum atomic E-state index is 12.4. The fourth-order valence-corrected chi connectivity index (χ4v) is 4.96. The summed E-state index contributed by atoms with van der Waals surface area (Å²) in [7, 11) is 5.13. The first-order chi connectivity index (χ1) is 18.3. The molecular weight excluding hydrogens is 480 g/mol. The number of ether oxygens (including phenoxy) is 1. The molecule has 1 aliphatic heterocycles. The molecule has 0 bridgehead atoms. The number of benzene rings is 3. The van der Waals surface area contributed by atoms with Gasteiger partial charge in [0.1, 0.15) is 0 Å². The number of ketones is 1. The number of carbonyl (C=O) groups is 2. The quantitative estimate of drug-likeness (QED) is 0.271. The number of aromatic amines is 1. The standard InChI is InChI=1S/C30H30N4O4/c1-33(2)17-23(35)18-34-14-13-20-15-22(10-12-26(20)34)31-28(19-7-5-4-6-8-19)27-24-11-9-21(30(37)38-3)16-25(24)32-29(27)36/h4-12,15-16,32,36H,13-14,17-18H2,1-3H3. The van der Waals surface area contributed by atoms with Crippen molar-refractivity contribution >= 4 is 39.7 Å². The molecule has 5 rings (SSSR count). The fourth-order valence-electron chi connectivity index (χ4n) is 4.96. The van der Waals surface area contributed by atoms with E-state index in [4.69, 9.17) is 9.73 Å². The van der Waals surface area contributed by atoms with Gasteiger partial charge in [0, 0.05) is 28.7 Å². The van der Waals surface area contributed by atoms with E-state index in [-0.39, 0.29) is 11.7 Å². The van der Waals surface area contributed by atoms with Crippen LogP contribution in [0.2, 0.25) is 0 Å². The van der Waals surface area contributed by atoms with Gasteiger partial charge < -0.3 is 24.6 Å². The van der Waals surface area contributed by atoms with E-state index in [1.165, 1.54) is 7.11 Å². The topological polar surface area (TPSA) is 98.2 Å². The van der Waals surface area contributed by atoms with Crippen molar-refractivity contribution in [1.82, 2.24) is 9.88 Å². The van der Waals surface area contributed by atoms with Gasteiger partial charge in [-0.15, -0.1) is 0 Å². The smallest absolute Gasteiger partial charge is 0.337 e. The van der Waals surface area contributed by atoms with Gasteiger partial charge in [0.15, 0.2) is 11.7 Å². The number of hydrogen-bond donors (Lipinski definition) is 2. The van der Waals surface area contributed by atoms with Crippen LogP contribution in [-0.2, 0) is 16.0 Å². The molecule has 4 aromatic rings. The van der Waals surface area contributed by atoms with Crippen molar-refractivity contribution in [3.63, 3.8) is 0 Å². The van der Waals surface area contributed by atoms with Crippen LogP contribution in [0.5, 0.6) is 5.88 Å². The molecule has 38 heavy (non-hydrogen) atoms. The number of likely N-dealkylation sites (N-methyl/N-ethyl adjacent to an activating group) is 1. The summed E-state index contributed by atoms with van der Waals surface area (Å²) in [5.74, 6) is -0.298. The molecule has 1 aliphatic rings. The van der Waals surface area contributed by atoms with E-state index in [1.807, 2.05) is 61.5 Å². The highest BCUT2D eigenvalue weighted by Gasteiger charge is 2.23. The van der Waals surface area contributed by atoms with Crippen molar-refractivity contribution in [3.8, 4) is 5.88 Å². The van der Waals surface area contributed by atoms with Crippen molar-refractivity contribution in [2.75, 3.05) is 45.7 Å². The van der Waals surface area contributed by atoms with Crippen LogP contribution in [-0.4, -0.2) is 73.3 Å². The molecule has 2 N–H and O–H groups in total. The van der Waals surface area contributed by atoms with Gasteiger partial charge in [0.25, 0.3) is 0 Å². The summed E-state index contributed by atoms with van der Waals surface area (Å²) in [5, 5.41) is 11.7. The monoisotopic (exact) mass is 510 g/mol. The molecule has 0 aliphatic carbocycles. The number of esters is 1. The van der Waals surface area contributed by atoms with Crippen molar-refractivity contribution in [3.05, 3.63) is 89.0 Å². The number of hydrogen-bond acceptors (Lipinski definition) is 7. The predicted molar refractivity (Wildman–Crippen MR) is 149 cm³/mol. The largest absolute Gasteiger partial charge is 0.494 e. The van der Waals surface area contributed by atoms with Gasteiger partial charge >= 0.3 is 5.97 Å². The molecule has 0 atom stereocenters. The molecule has 2 heterocycles. The van der Waals surface area contributed by atoms with E-state index in [0.717, 1.165) is 40.9 Å². The summed E-state index contributed by atoms with van der Waals surface area (Å²) in [4.78, 5) is 36.4. The minimum absolute atomic E-state index is 0.0311. The van der Waals surface area contributed by atoms with Crippen molar-refractivity contribution in [2.45, 2.75) is 6.42 Å². The maximum Gasteiger partial charge on any atom is 0.337 e. The number of aliphatic imine (C=N–C) groups is 1. The molecule has 0 unspecified atom stereocenters. The average Bonchev–Trinajstić information content (AvgIpc) is 3.45. The minimum Gasteiger partial charge on any atom is -0.494 e. The minimum atomic E-state index is -0.449. The lowest BCUT2D eigenvalue weighted by atomic mass is 10.00. The Hall–Kier alpha value is -4.43. The molecule has 0 saturated heterocycles. The van der Waals surface area contributed by atoms with Gasteiger partial charge in [0.2, 0.25) is 0 Å². The number of Topliss-reactive ketones (excluding diaryl/α,β-unsaturated/α-hetero) is 1. The molecule has 8 heteroatoms. The zero-order valence-corrected chi connectivity index (χ0v) is 21.7. The Kier molecular flexibility index (Phi) is 6.98. The summed E-state index contributed by atoms with van der Waals surface area (Å²) in [6.45, 7) is 1.60. The summed E-state index contributed by atoms with van der Waals surface area (Å²) in [6, 6.07) is 20.8. The maximum absolute atomic E-state index is 12.4. The lowest BCUT2D eigenvalue weighted by molar-refractivity contribution is -0.118. The van der Waals surface area contributed by atoms with E-state index in [2.05, 4.69) is 16.0 Å². The molecule has 3 aromatic carbocycles. The molecule has 8 nitrogen and oxygen atoms in total.